The second kappa shape index (κ2) is 18.9. The maximum Gasteiger partial charge on any atom is 0.163 e. The SMILES string of the molecule is CCCCCCCN(C)C1CCCOCCCC(N(C)CCCCCCC)Oc2ccccc2O1. The van der Waals surface area contributed by atoms with Crippen LogP contribution in [0, 0.1) is 0 Å². The van der Waals surface area contributed by atoms with Gasteiger partial charge in [-0.25, -0.2) is 0 Å². The molecule has 0 saturated carbocycles. The largest absolute Gasteiger partial charge is 0.471 e. The van der Waals surface area contributed by atoms with E-state index in [4.69, 9.17) is 14.2 Å². The van der Waals surface area contributed by atoms with Crippen LogP contribution >= 0.6 is 0 Å². The molecule has 1 aliphatic rings. The second-order valence-corrected chi connectivity index (χ2v) is 10.3. The molecular formula is C30H54N2O3. The van der Waals surface area contributed by atoms with Crippen LogP contribution in [0.3, 0.4) is 0 Å². The molecular weight excluding hydrogens is 436 g/mol. The standard InChI is InChI=1S/C30H54N2O3/c1-5-7-9-11-15-23-31(3)29-21-17-25-33-26-18-22-30(32(4)24-16-12-10-8-6-2)35-28-20-14-13-19-27(28)34-29/h13-14,19-20,29-30H,5-12,15-18,21-26H2,1-4H3. The minimum atomic E-state index is 0.0324. The molecule has 2 unspecified atom stereocenters. The zero-order valence-corrected chi connectivity index (χ0v) is 23.3. The first kappa shape index (κ1) is 29.9. The summed E-state index contributed by atoms with van der Waals surface area (Å²) in [6, 6.07) is 8.24. The van der Waals surface area contributed by atoms with Gasteiger partial charge in [0.25, 0.3) is 0 Å². The van der Waals surface area contributed by atoms with Gasteiger partial charge in [0.1, 0.15) is 0 Å². The lowest BCUT2D eigenvalue weighted by molar-refractivity contribution is 0.0154. The number of ether oxygens (including phenoxy) is 3. The summed E-state index contributed by atoms with van der Waals surface area (Å²) < 4.78 is 19.2. The number of fused-ring (bicyclic) bond motifs is 1. The first-order chi connectivity index (χ1) is 17.2. The molecule has 0 aliphatic carbocycles. The van der Waals surface area contributed by atoms with Crippen molar-refractivity contribution in [2.75, 3.05) is 40.4 Å². The minimum absolute atomic E-state index is 0.0324. The fourth-order valence-electron chi connectivity index (χ4n) is 4.72. The lowest BCUT2D eigenvalue weighted by Crippen LogP contribution is -2.38. The van der Waals surface area contributed by atoms with E-state index in [1.165, 1.54) is 64.2 Å². The summed E-state index contributed by atoms with van der Waals surface area (Å²) in [6.07, 6.45) is 16.9. The molecule has 0 amide bonds. The van der Waals surface area contributed by atoms with Crippen LogP contribution in [0.4, 0.5) is 0 Å². The van der Waals surface area contributed by atoms with Crippen LogP contribution in [0.5, 0.6) is 11.5 Å². The van der Waals surface area contributed by atoms with E-state index >= 15 is 0 Å². The molecule has 0 spiro atoms. The highest BCUT2D eigenvalue weighted by atomic mass is 16.5. The van der Waals surface area contributed by atoms with E-state index in [-0.39, 0.29) is 12.5 Å². The molecule has 0 radical (unpaired) electrons. The molecule has 0 N–H and O–H groups in total. The highest BCUT2D eigenvalue weighted by Crippen LogP contribution is 2.31. The van der Waals surface area contributed by atoms with Crippen molar-refractivity contribution >= 4 is 0 Å². The van der Waals surface area contributed by atoms with E-state index < -0.39 is 0 Å². The van der Waals surface area contributed by atoms with Crippen molar-refractivity contribution in [1.82, 2.24) is 9.80 Å². The normalized spacial score (nSPS) is 19.8. The summed E-state index contributed by atoms with van der Waals surface area (Å²) in [5.41, 5.74) is 0. The van der Waals surface area contributed by atoms with Gasteiger partial charge in [0.2, 0.25) is 0 Å². The van der Waals surface area contributed by atoms with Crippen LogP contribution in [0.2, 0.25) is 0 Å². The molecule has 1 aromatic rings. The van der Waals surface area contributed by atoms with Gasteiger partial charge >= 0.3 is 0 Å². The lowest BCUT2D eigenvalue weighted by Gasteiger charge is -2.31. The zero-order chi connectivity index (χ0) is 25.1. The van der Waals surface area contributed by atoms with Crippen LogP contribution in [0.1, 0.15) is 104 Å². The predicted molar refractivity (Wildman–Crippen MR) is 147 cm³/mol. The summed E-state index contributed by atoms with van der Waals surface area (Å²) in [4.78, 5) is 4.75. The quantitative estimate of drug-likeness (QED) is 0.252. The fourth-order valence-corrected chi connectivity index (χ4v) is 4.72. The molecule has 1 aliphatic heterocycles. The average Bonchev–Trinajstić information content (AvgIpc) is 2.88. The summed E-state index contributed by atoms with van der Waals surface area (Å²) in [5, 5.41) is 0. The van der Waals surface area contributed by atoms with Crippen LogP contribution < -0.4 is 9.47 Å². The van der Waals surface area contributed by atoms with E-state index in [9.17, 15) is 0 Å². The topological polar surface area (TPSA) is 34.2 Å². The monoisotopic (exact) mass is 490 g/mol. The molecule has 1 aromatic carbocycles. The second-order valence-electron chi connectivity index (χ2n) is 10.3. The van der Waals surface area contributed by atoms with Crippen LogP contribution in [-0.2, 0) is 4.74 Å². The highest BCUT2D eigenvalue weighted by Gasteiger charge is 2.22. The first-order valence-electron chi connectivity index (χ1n) is 14.6. The Hall–Kier alpha value is -1.30. The van der Waals surface area contributed by atoms with Gasteiger partial charge < -0.3 is 14.2 Å². The van der Waals surface area contributed by atoms with Gasteiger partial charge in [-0.3, -0.25) is 9.80 Å². The molecule has 5 heteroatoms. The number of hydrogen-bond acceptors (Lipinski definition) is 5. The van der Waals surface area contributed by atoms with E-state index in [0.717, 1.165) is 63.5 Å². The van der Waals surface area contributed by atoms with Gasteiger partial charge in [0, 0.05) is 39.1 Å². The van der Waals surface area contributed by atoms with E-state index in [0.29, 0.717) is 0 Å². The van der Waals surface area contributed by atoms with Gasteiger partial charge in [0.05, 0.1) is 0 Å². The number of hydrogen-bond donors (Lipinski definition) is 0. The molecule has 0 fully saturated rings. The molecule has 0 bridgehead atoms. The molecule has 202 valence electrons. The van der Waals surface area contributed by atoms with Gasteiger partial charge in [-0.2, -0.15) is 0 Å². The minimum Gasteiger partial charge on any atom is -0.471 e. The Bertz CT molecular complexity index is 589. The average molecular weight is 491 g/mol. The van der Waals surface area contributed by atoms with Crippen LogP contribution in [0.15, 0.2) is 24.3 Å². The lowest BCUT2D eigenvalue weighted by atomic mass is 10.1. The van der Waals surface area contributed by atoms with Crippen molar-refractivity contribution in [2.24, 2.45) is 0 Å². The Kier molecular flexibility index (Phi) is 16.2. The maximum atomic E-state index is 6.63. The Morgan fingerprint density at radius 1 is 0.657 bits per heavy atom. The molecule has 2 atom stereocenters. The molecule has 2 rings (SSSR count). The molecule has 0 saturated heterocycles. The third kappa shape index (κ3) is 12.5. The zero-order valence-electron chi connectivity index (χ0n) is 23.3. The van der Waals surface area contributed by atoms with Crippen molar-refractivity contribution in [2.45, 2.75) is 116 Å². The third-order valence-corrected chi connectivity index (χ3v) is 7.07. The Morgan fingerprint density at radius 3 is 1.51 bits per heavy atom. The number of rotatable bonds is 14. The number of para-hydroxylation sites is 2. The molecule has 35 heavy (non-hydrogen) atoms. The Morgan fingerprint density at radius 2 is 1.09 bits per heavy atom. The summed E-state index contributed by atoms with van der Waals surface area (Å²) >= 11 is 0. The number of nitrogens with zero attached hydrogens (tertiary/aromatic N) is 2. The summed E-state index contributed by atoms with van der Waals surface area (Å²) in [6.45, 7) is 8.24. The molecule has 1 heterocycles. The first-order valence-corrected chi connectivity index (χ1v) is 14.6. The number of benzene rings is 1. The Balaban J connectivity index is 2.04. The van der Waals surface area contributed by atoms with Crippen molar-refractivity contribution in [1.29, 1.82) is 0 Å². The third-order valence-electron chi connectivity index (χ3n) is 7.07. The Labute approximate surface area is 216 Å². The van der Waals surface area contributed by atoms with E-state index in [2.05, 4.69) is 62.0 Å². The van der Waals surface area contributed by atoms with Crippen molar-refractivity contribution in [3.05, 3.63) is 24.3 Å². The highest BCUT2D eigenvalue weighted by molar-refractivity contribution is 5.39. The van der Waals surface area contributed by atoms with Crippen LogP contribution in [0.25, 0.3) is 0 Å². The maximum absolute atomic E-state index is 6.63. The summed E-state index contributed by atoms with van der Waals surface area (Å²) in [5.74, 6) is 1.72. The molecule has 5 nitrogen and oxygen atoms in total. The fraction of sp³-hybridized carbons (Fsp3) is 0.800. The van der Waals surface area contributed by atoms with Crippen molar-refractivity contribution in [3.8, 4) is 11.5 Å². The summed E-state index contributed by atoms with van der Waals surface area (Å²) in [7, 11) is 4.39. The van der Waals surface area contributed by atoms with E-state index in [1.54, 1.807) is 0 Å². The van der Waals surface area contributed by atoms with Crippen LogP contribution in [-0.4, -0.2) is 62.7 Å². The van der Waals surface area contributed by atoms with Gasteiger partial charge in [-0.05, 0) is 51.9 Å². The predicted octanol–water partition coefficient (Wildman–Crippen LogP) is 7.49. The smallest absolute Gasteiger partial charge is 0.163 e. The molecule has 0 aromatic heterocycles. The number of unbranched alkanes of at least 4 members (excludes halogenated alkanes) is 8. The van der Waals surface area contributed by atoms with Crippen molar-refractivity contribution in [3.63, 3.8) is 0 Å². The van der Waals surface area contributed by atoms with E-state index in [1.807, 2.05) is 0 Å². The van der Waals surface area contributed by atoms with Gasteiger partial charge in [-0.15, -0.1) is 0 Å². The van der Waals surface area contributed by atoms with Gasteiger partial charge in [0.15, 0.2) is 24.0 Å². The van der Waals surface area contributed by atoms with Crippen molar-refractivity contribution < 1.29 is 14.2 Å². The van der Waals surface area contributed by atoms with Gasteiger partial charge in [-0.1, -0.05) is 77.3 Å².